The van der Waals surface area contributed by atoms with E-state index in [0.717, 1.165) is 6.29 Å². The van der Waals surface area contributed by atoms with Crippen LogP contribution in [0.1, 0.15) is 45.4 Å². The van der Waals surface area contributed by atoms with Crippen molar-refractivity contribution in [2.24, 2.45) is 0 Å². The van der Waals surface area contributed by atoms with Gasteiger partial charge in [0.15, 0.2) is 0 Å². The van der Waals surface area contributed by atoms with Gasteiger partial charge in [0.1, 0.15) is 6.29 Å². The topological polar surface area (TPSA) is 26.3 Å². The normalized spacial score (nSPS) is 17.8. The molecule has 0 spiro atoms. The number of carbonyl (C=O) groups is 1. The van der Waals surface area contributed by atoms with Crippen LogP contribution in [0, 0.1) is 0 Å². The minimum Gasteiger partial charge on any atom is -0.381 e. The minimum absolute atomic E-state index is 0.587. The van der Waals surface area contributed by atoms with Crippen LogP contribution in [0.15, 0.2) is 0 Å². The summed E-state index contributed by atoms with van der Waals surface area (Å²) in [6.07, 6.45) is 8.84. The Bertz CT molecular complexity index is 96.0. The highest BCUT2D eigenvalue weighted by Gasteiger charge is 2.10. The molecule has 0 amide bonds. The summed E-state index contributed by atoms with van der Waals surface area (Å²) in [5, 5.41) is 0. The Morgan fingerprint density at radius 3 is 2.08 bits per heavy atom. The van der Waals surface area contributed by atoms with Crippen molar-refractivity contribution in [1.82, 2.24) is 0 Å². The van der Waals surface area contributed by atoms with Gasteiger partial charge in [-0.2, -0.15) is 0 Å². The summed E-state index contributed by atoms with van der Waals surface area (Å²) < 4.78 is 5.19. The maximum atomic E-state index is 9.17. The Morgan fingerprint density at radius 2 is 1.83 bits per heavy atom. The molecule has 0 N–H and O–H groups in total. The van der Waals surface area contributed by atoms with Crippen LogP contribution in [0.25, 0.3) is 0 Å². The van der Waals surface area contributed by atoms with Crippen molar-refractivity contribution < 1.29 is 9.53 Å². The molecule has 0 aromatic carbocycles. The lowest BCUT2D eigenvalue weighted by Gasteiger charge is -2.19. The van der Waals surface area contributed by atoms with Crippen molar-refractivity contribution >= 4 is 6.29 Å². The zero-order chi connectivity index (χ0) is 9.23. The van der Waals surface area contributed by atoms with Gasteiger partial charge in [0, 0.05) is 13.5 Å². The summed E-state index contributed by atoms with van der Waals surface area (Å²) in [5.41, 5.74) is 0. The molecule has 1 fully saturated rings. The van der Waals surface area contributed by atoms with Gasteiger partial charge in [-0.25, -0.2) is 0 Å². The first-order valence-corrected chi connectivity index (χ1v) is 4.81. The molecule has 0 aromatic heterocycles. The zero-order valence-electron chi connectivity index (χ0n) is 8.21. The number of aldehydes is 1. The van der Waals surface area contributed by atoms with Crippen molar-refractivity contribution in [2.45, 2.75) is 51.6 Å². The summed E-state index contributed by atoms with van der Waals surface area (Å²) >= 11 is 0. The molecule has 0 unspecified atom stereocenters. The fourth-order valence-corrected chi connectivity index (χ4v) is 1.30. The maximum absolute atomic E-state index is 9.17. The van der Waals surface area contributed by atoms with E-state index in [1.165, 1.54) is 32.1 Å². The van der Waals surface area contributed by atoms with E-state index in [1.54, 1.807) is 0 Å². The quantitative estimate of drug-likeness (QED) is 0.598. The van der Waals surface area contributed by atoms with E-state index in [-0.39, 0.29) is 0 Å². The molecule has 1 saturated carbocycles. The Balaban J connectivity index is 0.000000261. The van der Waals surface area contributed by atoms with Crippen LogP contribution in [-0.2, 0) is 9.53 Å². The van der Waals surface area contributed by atoms with Crippen molar-refractivity contribution in [3.8, 4) is 0 Å². The van der Waals surface area contributed by atoms with Gasteiger partial charge in [-0.05, 0) is 12.8 Å². The molecule has 0 heterocycles. The van der Waals surface area contributed by atoms with Crippen LogP contribution in [0.2, 0.25) is 0 Å². The first kappa shape index (κ1) is 11.6. The third-order valence-corrected chi connectivity index (χ3v) is 2.05. The molecule has 0 bridgehead atoms. The largest absolute Gasteiger partial charge is 0.381 e. The molecule has 72 valence electrons. The van der Waals surface area contributed by atoms with Crippen LogP contribution in [0.3, 0.4) is 0 Å². The Labute approximate surface area is 75.3 Å². The van der Waals surface area contributed by atoms with Gasteiger partial charge in [-0.15, -0.1) is 0 Å². The van der Waals surface area contributed by atoms with Crippen LogP contribution in [0.4, 0.5) is 0 Å². The second kappa shape index (κ2) is 8.72. The zero-order valence-corrected chi connectivity index (χ0v) is 8.21. The number of carbonyl (C=O) groups excluding carboxylic acids is 1. The summed E-state index contributed by atoms with van der Waals surface area (Å²) in [7, 11) is 1.82. The lowest BCUT2D eigenvalue weighted by atomic mass is 9.98. The summed E-state index contributed by atoms with van der Waals surface area (Å²) in [6.45, 7) is 1.81. The van der Waals surface area contributed by atoms with Crippen molar-refractivity contribution in [1.29, 1.82) is 0 Å². The van der Waals surface area contributed by atoms with Crippen LogP contribution >= 0.6 is 0 Å². The number of methoxy groups -OCH3 is 1. The highest BCUT2D eigenvalue weighted by molar-refractivity contribution is 5.48. The molecule has 1 aliphatic carbocycles. The summed E-state index contributed by atoms with van der Waals surface area (Å²) in [4.78, 5) is 9.17. The van der Waals surface area contributed by atoms with Gasteiger partial charge in [-0.1, -0.05) is 26.2 Å². The summed E-state index contributed by atoms with van der Waals surface area (Å²) in [6, 6.07) is 0. The number of rotatable bonds is 2. The standard InChI is InChI=1S/C7H14O.C3H6O/c1-8-7-5-3-2-4-6-7;1-2-3-4/h7H,2-6H2,1H3;3H,2H2,1H3. The second-order valence-electron chi connectivity index (χ2n) is 3.07. The van der Waals surface area contributed by atoms with Crippen LogP contribution < -0.4 is 0 Å². The smallest absolute Gasteiger partial charge is 0.119 e. The highest BCUT2D eigenvalue weighted by atomic mass is 16.5. The SMILES string of the molecule is CCC=O.COC1CCCCC1. The van der Waals surface area contributed by atoms with Crippen LogP contribution in [-0.4, -0.2) is 19.5 Å². The number of hydrogen-bond donors (Lipinski definition) is 0. The van der Waals surface area contributed by atoms with Crippen LogP contribution in [0.5, 0.6) is 0 Å². The average Bonchev–Trinajstić information content (AvgIpc) is 2.19. The lowest BCUT2D eigenvalue weighted by Crippen LogP contribution is -2.13. The Kier molecular flexibility index (Phi) is 8.46. The molecule has 1 aliphatic rings. The fourth-order valence-electron chi connectivity index (χ4n) is 1.30. The molecule has 12 heavy (non-hydrogen) atoms. The number of ether oxygens (including phenoxy) is 1. The molecule has 0 saturated heterocycles. The van der Waals surface area contributed by atoms with Crippen molar-refractivity contribution in [3.05, 3.63) is 0 Å². The van der Waals surface area contributed by atoms with Crippen molar-refractivity contribution in [2.75, 3.05) is 7.11 Å². The predicted molar refractivity (Wildman–Crippen MR) is 50.2 cm³/mol. The van der Waals surface area contributed by atoms with Gasteiger partial charge >= 0.3 is 0 Å². The highest BCUT2D eigenvalue weighted by Crippen LogP contribution is 2.18. The Hall–Kier alpha value is -0.370. The molecular weight excluding hydrogens is 152 g/mol. The first-order chi connectivity index (χ1) is 5.85. The molecule has 2 heteroatoms. The van der Waals surface area contributed by atoms with Crippen molar-refractivity contribution in [3.63, 3.8) is 0 Å². The third-order valence-electron chi connectivity index (χ3n) is 2.05. The molecule has 2 nitrogen and oxygen atoms in total. The van der Waals surface area contributed by atoms with E-state index < -0.39 is 0 Å². The first-order valence-electron chi connectivity index (χ1n) is 4.81. The van der Waals surface area contributed by atoms with Gasteiger partial charge < -0.3 is 9.53 Å². The molecule has 0 aromatic rings. The monoisotopic (exact) mass is 172 g/mol. The molecule has 0 aliphatic heterocycles. The second-order valence-corrected chi connectivity index (χ2v) is 3.07. The summed E-state index contributed by atoms with van der Waals surface area (Å²) in [5.74, 6) is 0. The number of hydrogen-bond acceptors (Lipinski definition) is 2. The van der Waals surface area contributed by atoms with Gasteiger partial charge in [0.2, 0.25) is 0 Å². The fraction of sp³-hybridized carbons (Fsp3) is 0.900. The van der Waals surface area contributed by atoms with E-state index in [0.29, 0.717) is 12.5 Å². The van der Waals surface area contributed by atoms with E-state index in [4.69, 9.17) is 4.74 Å². The van der Waals surface area contributed by atoms with E-state index in [9.17, 15) is 4.79 Å². The lowest BCUT2D eigenvalue weighted by molar-refractivity contribution is -0.107. The van der Waals surface area contributed by atoms with Gasteiger partial charge in [-0.3, -0.25) is 0 Å². The van der Waals surface area contributed by atoms with E-state index in [2.05, 4.69) is 0 Å². The predicted octanol–water partition coefficient (Wildman–Crippen LogP) is 2.56. The van der Waals surface area contributed by atoms with E-state index in [1.807, 2.05) is 14.0 Å². The molecule has 0 atom stereocenters. The molecule has 1 rings (SSSR count). The van der Waals surface area contributed by atoms with Gasteiger partial charge in [0.05, 0.1) is 6.10 Å². The van der Waals surface area contributed by atoms with E-state index >= 15 is 0 Å². The minimum atomic E-state index is 0.587. The molecular formula is C10H20O2. The maximum Gasteiger partial charge on any atom is 0.119 e. The molecule has 0 radical (unpaired) electrons. The van der Waals surface area contributed by atoms with Gasteiger partial charge in [0.25, 0.3) is 0 Å². The third kappa shape index (κ3) is 6.35. The average molecular weight is 172 g/mol. The Morgan fingerprint density at radius 1 is 1.33 bits per heavy atom.